The Balaban J connectivity index is 0.000000420. The van der Waals surface area contributed by atoms with Crippen LogP contribution < -0.4 is 0 Å². The van der Waals surface area contributed by atoms with Gasteiger partial charge in [0.05, 0.1) is 11.3 Å². The molecule has 2 rings (SSSR count). The molecule has 36 heavy (non-hydrogen) atoms. The highest BCUT2D eigenvalue weighted by Gasteiger charge is 2.36. The van der Waals surface area contributed by atoms with E-state index >= 15 is 0 Å². The highest BCUT2D eigenvalue weighted by Crippen LogP contribution is 2.31. The van der Waals surface area contributed by atoms with E-state index in [0.29, 0.717) is 17.9 Å². The number of ketones is 1. The molecule has 0 bridgehead atoms. The smallest absolute Gasteiger partial charge is 0.293 e. The van der Waals surface area contributed by atoms with Crippen molar-refractivity contribution in [3.05, 3.63) is 94.5 Å². The second-order valence-corrected chi connectivity index (χ2v) is 8.47. The second kappa shape index (κ2) is 15.2. The van der Waals surface area contributed by atoms with E-state index in [4.69, 9.17) is 0 Å². The predicted octanol–water partition coefficient (Wildman–Crippen LogP) is 9.38. The molecular weight excluding hydrogens is 466 g/mol. The number of halogens is 4. The largest absolute Gasteiger partial charge is 0.418 e. The average Bonchev–Trinajstić information content (AvgIpc) is 3.36. The van der Waals surface area contributed by atoms with Gasteiger partial charge in [0.25, 0.3) is 0 Å². The van der Waals surface area contributed by atoms with Crippen molar-refractivity contribution in [1.82, 2.24) is 0 Å². The first-order valence-corrected chi connectivity index (χ1v) is 12.3. The van der Waals surface area contributed by atoms with E-state index in [1.165, 1.54) is 38.3 Å². The third kappa shape index (κ3) is 9.92. The predicted molar refractivity (Wildman–Crippen MR) is 142 cm³/mol. The van der Waals surface area contributed by atoms with Gasteiger partial charge in [-0.2, -0.15) is 13.2 Å². The van der Waals surface area contributed by atoms with Crippen molar-refractivity contribution in [2.24, 2.45) is 4.99 Å². The standard InChI is InChI=1S/C18H20F3NO.C12H17F/c1-5-14(15-9-7-8-10-15)11-16(18(19,20)21)12(3)22-17(6-2)13(4)23;1-3-5-10(4-2)11-6-8-12(13)9-7-11/h5-7,9-11H,8H2,1-4H3;6-10H,3-5H2,1-2H3/b14-5+,16-11+,17-6-,22-12+;. The zero-order chi connectivity index (χ0) is 27.3. The molecule has 0 saturated carbocycles. The number of rotatable bonds is 9. The molecule has 6 heteroatoms. The number of carbonyl (C=O) groups is 1. The van der Waals surface area contributed by atoms with Gasteiger partial charge < -0.3 is 0 Å². The molecule has 0 radical (unpaired) electrons. The molecule has 0 amide bonds. The summed E-state index contributed by atoms with van der Waals surface area (Å²) in [5, 5.41) is 0. The first-order chi connectivity index (χ1) is 17.0. The molecule has 0 N–H and O–H groups in total. The van der Waals surface area contributed by atoms with Gasteiger partial charge in [-0.05, 0) is 80.9 Å². The number of benzene rings is 1. The highest BCUT2D eigenvalue weighted by molar-refractivity contribution is 6.04. The van der Waals surface area contributed by atoms with Gasteiger partial charge in [0.1, 0.15) is 11.5 Å². The Morgan fingerprint density at radius 1 is 1.08 bits per heavy atom. The first kappa shape index (κ1) is 31.0. The summed E-state index contributed by atoms with van der Waals surface area (Å²) in [5.41, 5.74) is 1.42. The minimum atomic E-state index is -4.56. The number of alkyl halides is 3. The molecule has 0 aliphatic heterocycles. The highest BCUT2D eigenvalue weighted by atomic mass is 19.4. The maximum Gasteiger partial charge on any atom is 0.418 e. The van der Waals surface area contributed by atoms with Crippen LogP contribution in [0.15, 0.2) is 88.1 Å². The molecule has 1 aliphatic rings. The molecule has 1 atom stereocenters. The summed E-state index contributed by atoms with van der Waals surface area (Å²) in [6, 6.07) is 6.90. The molecule has 0 fully saturated rings. The summed E-state index contributed by atoms with van der Waals surface area (Å²) in [4.78, 5) is 15.2. The Hall–Kier alpha value is -3.02. The van der Waals surface area contributed by atoms with Crippen molar-refractivity contribution in [3.63, 3.8) is 0 Å². The molecule has 0 heterocycles. The normalized spacial score (nSPS) is 15.9. The van der Waals surface area contributed by atoms with Crippen LogP contribution in [0.25, 0.3) is 0 Å². The monoisotopic (exact) mass is 503 g/mol. The van der Waals surface area contributed by atoms with E-state index < -0.39 is 11.7 Å². The Bertz CT molecular complexity index is 1050. The van der Waals surface area contributed by atoms with E-state index in [9.17, 15) is 22.4 Å². The van der Waals surface area contributed by atoms with Crippen molar-refractivity contribution in [2.75, 3.05) is 0 Å². The van der Waals surface area contributed by atoms with Gasteiger partial charge in [0, 0.05) is 6.92 Å². The average molecular weight is 504 g/mol. The summed E-state index contributed by atoms with van der Waals surface area (Å²) in [7, 11) is 0. The van der Waals surface area contributed by atoms with Crippen LogP contribution in [0.4, 0.5) is 17.6 Å². The summed E-state index contributed by atoms with van der Waals surface area (Å²) in [6.07, 6.45) is 9.32. The zero-order valence-corrected chi connectivity index (χ0v) is 22.0. The summed E-state index contributed by atoms with van der Waals surface area (Å²) in [5.74, 6) is 0.0850. The molecule has 1 unspecified atom stereocenters. The van der Waals surface area contributed by atoms with Crippen LogP contribution in [-0.4, -0.2) is 17.7 Å². The number of aliphatic imine (C=N–C) groups is 1. The second-order valence-electron chi connectivity index (χ2n) is 8.47. The van der Waals surface area contributed by atoms with Crippen LogP contribution in [0.3, 0.4) is 0 Å². The van der Waals surface area contributed by atoms with Crippen molar-refractivity contribution in [1.29, 1.82) is 0 Å². The van der Waals surface area contributed by atoms with Crippen molar-refractivity contribution < 1.29 is 22.4 Å². The van der Waals surface area contributed by atoms with E-state index in [0.717, 1.165) is 18.1 Å². The number of carbonyl (C=O) groups excluding carboxylic acids is 1. The van der Waals surface area contributed by atoms with Crippen LogP contribution >= 0.6 is 0 Å². The first-order valence-electron chi connectivity index (χ1n) is 12.3. The molecule has 0 spiro atoms. The fourth-order valence-corrected chi connectivity index (χ4v) is 3.83. The fraction of sp³-hybridized carbons (Fsp3) is 0.400. The topological polar surface area (TPSA) is 29.4 Å². The Morgan fingerprint density at radius 3 is 2.14 bits per heavy atom. The summed E-state index contributed by atoms with van der Waals surface area (Å²) >= 11 is 0. The van der Waals surface area contributed by atoms with Gasteiger partial charge in [-0.25, -0.2) is 9.38 Å². The van der Waals surface area contributed by atoms with E-state index in [1.54, 1.807) is 38.1 Å². The number of hydrogen-bond donors (Lipinski definition) is 0. The third-order valence-electron chi connectivity index (χ3n) is 5.80. The quantitative estimate of drug-likeness (QED) is 0.143. The molecule has 196 valence electrons. The zero-order valence-electron chi connectivity index (χ0n) is 22.0. The van der Waals surface area contributed by atoms with E-state index in [1.807, 2.05) is 24.3 Å². The maximum absolute atomic E-state index is 13.4. The summed E-state index contributed by atoms with van der Waals surface area (Å²) < 4.78 is 52.8. The van der Waals surface area contributed by atoms with Crippen LogP contribution in [0, 0.1) is 5.82 Å². The van der Waals surface area contributed by atoms with Gasteiger partial charge in [-0.15, -0.1) is 0 Å². The minimum Gasteiger partial charge on any atom is -0.293 e. The lowest BCUT2D eigenvalue weighted by Crippen LogP contribution is -2.19. The molecule has 1 aromatic carbocycles. The number of nitrogens with zero attached hydrogens (tertiary/aromatic N) is 1. The minimum absolute atomic E-state index is 0.0136. The number of hydrogen-bond acceptors (Lipinski definition) is 2. The molecule has 1 aliphatic carbocycles. The van der Waals surface area contributed by atoms with Crippen molar-refractivity contribution >= 4 is 11.5 Å². The van der Waals surface area contributed by atoms with Gasteiger partial charge >= 0.3 is 6.18 Å². The van der Waals surface area contributed by atoms with Crippen LogP contribution in [0.5, 0.6) is 0 Å². The Kier molecular flexibility index (Phi) is 13.1. The lowest BCUT2D eigenvalue weighted by Gasteiger charge is -2.13. The molecule has 2 nitrogen and oxygen atoms in total. The lowest BCUT2D eigenvalue weighted by atomic mass is 9.92. The molecule has 0 saturated heterocycles. The summed E-state index contributed by atoms with van der Waals surface area (Å²) in [6.45, 7) is 10.2. The lowest BCUT2D eigenvalue weighted by molar-refractivity contribution is -0.113. The maximum atomic E-state index is 13.4. The van der Waals surface area contributed by atoms with E-state index in [2.05, 4.69) is 18.8 Å². The molecular formula is C30H37F4NO. The fourth-order valence-electron chi connectivity index (χ4n) is 3.83. The number of Topliss-reactive ketones (excluding diaryl/α,β-unsaturated/α-hetero) is 1. The van der Waals surface area contributed by atoms with Crippen molar-refractivity contribution in [2.45, 2.75) is 79.3 Å². The SMILES string of the molecule is CCCC(CC)c1ccc(F)cc1.C\C=C(/N=C(C)/C(=C\C(=C/C)C1=CCC=C1)C(F)(F)F)C(C)=O. The van der Waals surface area contributed by atoms with E-state index in [-0.39, 0.29) is 23.0 Å². The van der Waals surface area contributed by atoms with Gasteiger partial charge in [-0.3, -0.25) is 4.79 Å². The Labute approximate surface area is 212 Å². The van der Waals surface area contributed by atoms with Gasteiger partial charge in [-0.1, -0.05) is 62.8 Å². The van der Waals surface area contributed by atoms with Gasteiger partial charge in [0.15, 0.2) is 5.78 Å². The van der Waals surface area contributed by atoms with Crippen LogP contribution in [0.1, 0.15) is 78.7 Å². The van der Waals surface area contributed by atoms with Crippen LogP contribution in [-0.2, 0) is 4.79 Å². The van der Waals surface area contributed by atoms with Gasteiger partial charge in [0.2, 0.25) is 0 Å². The van der Waals surface area contributed by atoms with Crippen molar-refractivity contribution in [3.8, 4) is 0 Å². The molecule has 0 aromatic heterocycles. The number of allylic oxidation sites excluding steroid dienone is 10. The van der Waals surface area contributed by atoms with Crippen LogP contribution in [0.2, 0.25) is 0 Å². The molecule has 1 aromatic rings. The third-order valence-corrected chi connectivity index (χ3v) is 5.80. The Morgan fingerprint density at radius 2 is 1.72 bits per heavy atom.